The lowest BCUT2D eigenvalue weighted by atomic mass is 10.2. The number of ether oxygens (including phenoxy) is 2. The van der Waals surface area contributed by atoms with Gasteiger partial charge in [0.2, 0.25) is 0 Å². The molecule has 0 saturated heterocycles. The lowest BCUT2D eigenvalue weighted by molar-refractivity contribution is -0.402. The Morgan fingerprint density at radius 1 is 1.35 bits per heavy atom. The molecule has 1 amide bonds. The maximum Gasteiger partial charge on any atom is 0.433 e. The molecule has 0 bridgehead atoms. The Morgan fingerprint density at radius 2 is 2.08 bits per heavy atom. The summed E-state index contributed by atoms with van der Waals surface area (Å²) < 4.78 is 15.3. The molecule has 11 heteroatoms. The van der Waals surface area contributed by atoms with Gasteiger partial charge in [-0.15, -0.1) is 0 Å². The lowest BCUT2D eigenvalue weighted by Gasteiger charge is -2.07. The van der Waals surface area contributed by atoms with Gasteiger partial charge in [-0.05, 0) is 12.1 Å². The largest absolute Gasteiger partial charge is 0.493 e. The molecule has 0 aliphatic carbocycles. The zero-order valence-electron chi connectivity index (χ0n) is 13.7. The number of nitro groups is 1. The molecule has 3 aromatic rings. The maximum atomic E-state index is 12.3. The number of carbonyl (C=O) groups is 1. The van der Waals surface area contributed by atoms with Crippen LogP contribution in [0.2, 0.25) is 0 Å². The van der Waals surface area contributed by atoms with Crippen molar-refractivity contribution in [1.82, 2.24) is 15.6 Å². The SMILES string of the molecule is COc1cc2[nH]nc(C(=O)NN=Cc3ccc([N+](=O)[O-])o3)c2cc1OC. The summed E-state index contributed by atoms with van der Waals surface area (Å²) >= 11 is 0. The molecule has 0 unspecified atom stereocenters. The first-order valence-corrected chi connectivity index (χ1v) is 7.21. The monoisotopic (exact) mass is 359 g/mol. The number of benzene rings is 1. The molecule has 134 valence electrons. The molecule has 11 nitrogen and oxygen atoms in total. The molecule has 0 spiro atoms. The Labute approximate surface area is 145 Å². The van der Waals surface area contributed by atoms with Crippen molar-refractivity contribution in [2.24, 2.45) is 5.10 Å². The number of H-pyrrole nitrogens is 1. The van der Waals surface area contributed by atoms with Crippen LogP contribution in [0.3, 0.4) is 0 Å². The van der Waals surface area contributed by atoms with Crippen LogP contribution in [-0.4, -0.2) is 41.5 Å². The van der Waals surface area contributed by atoms with Crippen molar-refractivity contribution < 1.29 is 23.6 Å². The summed E-state index contributed by atoms with van der Waals surface area (Å²) in [6.45, 7) is 0. The fourth-order valence-corrected chi connectivity index (χ4v) is 2.23. The van der Waals surface area contributed by atoms with Gasteiger partial charge in [0.25, 0.3) is 5.91 Å². The van der Waals surface area contributed by atoms with E-state index in [2.05, 4.69) is 20.7 Å². The summed E-state index contributed by atoms with van der Waals surface area (Å²) in [5, 5.41) is 21.5. The third kappa shape index (κ3) is 3.17. The van der Waals surface area contributed by atoms with Crippen LogP contribution in [0.5, 0.6) is 11.5 Å². The predicted octanol–water partition coefficient (Wildman–Crippen LogP) is 1.85. The zero-order chi connectivity index (χ0) is 18.7. The molecular weight excluding hydrogens is 346 g/mol. The topological polar surface area (TPSA) is 145 Å². The molecule has 0 aliphatic heterocycles. The zero-order valence-corrected chi connectivity index (χ0v) is 13.7. The van der Waals surface area contributed by atoms with Gasteiger partial charge in [-0.25, -0.2) is 5.43 Å². The van der Waals surface area contributed by atoms with Gasteiger partial charge < -0.3 is 13.9 Å². The summed E-state index contributed by atoms with van der Waals surface area (Å²) in [7, 11) is 2.98. The van der Waals surface area contributed by atoms with Gasteiger partial charge in [-0.2, -0.15) is 10.2 Å². The second-order valence-electron chi connectivity index (χ2n) is 4.96. The van der Waals surface area contributed by atoms with E-state index >= 15 is 0 Å². The van der Waals surface area contributed by atoms with Gasteiger partial charge in [0.05, 0.1) is 32.0 Å². The molecule has 0 fully saturated rings. The van der Waals surface area contributed by atoms with E-state index in [0.717, 1.165) is 6.21 Å². The molecule has 0 saturated carbocycles. The highest BCUT2D eigenvalue weighted by molar-refractivity contribution is 6.05. The minimum atomic E-state index is -0.673. The molecule has 2 aromatic heterocycles. The standard InChI is InChI=1S/C15H13N5O6/c1-24-11-5-9-10(6-12(11)25-2)17-18-14(9)15(21)19-16-7-8-3-4-13(26-8)20(22)23/h3-7H,1-2H3,(H,17,18)(H,19,21). The van der Waals surface area contributed by atoms with Crippen molar-refractivity contribution in [3.8, 4) is 11.5 Å². The van der Waals surface area contributed by atoms with E-state index in [0.29, 0.717) is 22.4 Å². The fourth-order valence-electron chi connectivity index (χ4n) is 2.23. The molecule has 2 heterocycles. The molecule has 2 N–H and O–H groups in total. The number of amides is 1. The van der Waals surface area contributed by atoms with E-state index in [1.807, 2.05) is 0 Å². The molecular formula is C15H13N5O6. The first kappa shape index (κ1) is 17.0. The van der Waals surface area contributed by atoms with Crippen molar-refractivity contribution in [2.75, 3.05) is 14.2 Å². The van der Waals surface area contributed by atoms with Crippen molar-refractivity contribution >= 4 is 28.9 Å². The molecule has 0 atom stereocenters. The van der Waals surface area contributed by atoms with Gasteiger partial charge in [0.1, 0.15) is 4.92 Å². The number of aromatic nitrogens is 2. The van der Waals surface area contributed by atoms with E-state index in [-0.39, 0.29) is 11.5 Å². The molecule has 0 aliphatic rings. The number of rotatable bonds is 6. The molecule has 3 rings (SSSR count). The number of hydrazone groups is 1. The summed E-state index contributed by atoms with van der Waals surface area (Å²) in [5.41, 5.74) is 2.96. The smallest absolute Gasteiger partial charge is 0.433 e. The van der Waals surface area contributed by atoms with Gasteiger partial charge in [0.15, 0.2) is 23.0 Å². The summed E-state index contributed by atoms with van der Waals surface area (Å²) in [6.07, 6.45) is 1.14. The Bertz CT molecular complexity index is 1010. The van der Waals surface area contributed by atoms with Crippen LogP contribution in [0.25, 0.3) is 10.9 Å². The highest BCUT2D eigenvalue weighted by Crippen LogP contribution is 2.32. The minimum Gasteiger partial charge on any atom is -0.493 e. The van der Waals surface area contributed by atoms with Crippen molar-refractivity contribution in [2.45, 2.75) is 0 Å². The highest BCUT2D eigenvalue weighted by atomic mass is 16.6. The minimum absolute atomic E-state index is 0.100. The normalized spacial score (nSPS) is 11.0. The van der Waals surface area contributed by atoms with Crippen LogP contribution in [0.4, 0.5) is 5.88 Å². The average Bonchev–Trinajstić information content (AvgIpc) is 3.27. The summed E-state index contributed by atoms with van der Waals surface area (Å²) in [4.78, 5) is 22.1. The van der Waals surface area contributed by atoms with Gasteiger partial charge >= 0.3 is 5.88 Å². The number of nitrogens with one attached hydrogen (secondary N) is 2. The van der Waals surface area contributed by atoms with Crippen LogP contribution in [0.1, 0.15) is 16.2 Å². The van der Waals surface area contributed by atoms with E-state index in [1.54, 1.807) is 12.1 Å². The summed E-state index contributed by atoms with van der Waals surface area (Å²) in [6, 6.07) is 5.81. The Hall–Kier alpha value is -3.89. The van der Waals surface area contributed by atoms with Crippen LogP contribution in [-0.2, 0) is 0 Å². The number of hydrogen-bond donors (Lipinski definition) is 2. The quantitative estimate of drug-likeness (QED) is 0.388. The average molecular weight is 359 g/mol. The fraction of sp³-hybridized carbons (Fsp3) is 0.133. The second kappa shape index (κ2) is 6.93. The number of aromatic amines is 1. The molecule has 26 heavy (non-hydrogen) atoms. The maximum absolute atomic E-state index is 12.3. The van der Waals surface area contributed by atoms with Crippen molar-refractivity contribution in [3.63, 3.8) is 0 Å². The molecule has 0 radical (unpaired) electrons. The number of nitrogens with zero attached hydrogens (tertiary/aromatic N) is 3. The van der Waals surface area contributed by atoms with Crippen molar-refractivity contribution in [3.05, 3.63) is 45.8 Å². The molecule has 1 aromatic carbocycles. The first-order chi connectivity index (χ1) is 12.5. The number of carbonyl (C=O) groups excluding carboxylic acids is 1. The van der Waals surface area contributed by atoms with Crippen LogP contribution >= 0.6 is 0 Å². The van der Waals surface area contributed by atoms with Crippen LogP contribution < -0.4 is 14.9 Å². The Kier molecular flexibility index (Phi) is 4.51. The number of fused-ring (bicyclic) bond motifs is 1. The van der Waals surface area contributed by atoms with E-state index in [9.17, 15) is 14.9 Å². The third-order valence-corrected chi connectivity index (χ3v) is 3.43. The lowest BCUT2D eigenvalue weighted by Crippen LogP contribution is -2.18. The van der Waals surface area contributed by atoms with Crippen molar-refractivity contribution in [1.29, 1.82) is 0 Å². The highest BCUT2D eigenvalue weighted by Gasteiger charge is 2.17. The van der Waals surface area contributed by atoms with E-state index in [1.165, 1.54) is 26.4 Å². The first-order valence-electron chi connectivity index (χ1n) is 7.21. The summed E-state index contributed by atoms with van der Waals surface area (Å²) in [5.74, 6) is 0.0584. The van der Waals surface area contributed by atoms with E-state index in [4.69, 9.17) is 13.9 Å². The Morgan fingerprint density at radius 3 is 2.73 bits per heavy atom. The Balaban J connectivity index is 1.79. The third-order valence-electron chi connectivity index (χ3n) is 3.43. The number of hydrogen-bond acceptors (Lipinski definition) is 8. The predicted molar refractivity (Wildman–Crippen MR) is 89.6 cm³/mol. The second-order valence-corrected chi connectivity index (χ2v) is 4.96. The van der Waals surface area contributed by atoms with E-state index < -0.39 is 16.7 Å². The van der Waals surface area contributed by atoms with Gasteiger partial charge in [-0.1, -0.05) is 0 Å². The number of furan rings is 1. The van der Waals surface area contributed by atoms with Crippen LogP contribution in [0, 0.1) is 10.1 Å². The number of methoxy groups -OCH3 is 2. The van der Waals surface area contributed by atoms with Crippen LogP contribution in [0.15, 0.2) is 33.8 Å². The van der Waals surface area contributed by atoms with Gasteiger partial charge in [0, 0.05) is 11.5 Å². The van der Waals surface area contributed by atoms with Gasteiger partial charge in [-0.3, -0.25) is 20.0 Å².